The van der Waals surface area contributed by atoms with Crippen molar-refractivity contribution in [1.29, 1.82) is 5.26 Å². The van der Waals surface area contributed by atoms with E-state index in [1.807, 2.05) is 0 Å². The van der Waals surface area contributed by atoms with Crippen LogP contribution in [0, 0.1) is 11.3 Å². The summed E-state index contributed by atoms with van der Waals surface area (Å²) >= 11 is 0. The predicted molar refractivity (Wildman–Crippen MR) is 61.0 cm³/mol. The summed E-state index contributed by atoms with van der Waals surface area (Å²) in [5.41, 5.74) is 0. The largest absolute Gasteiger partial charge is 0.359 e. The number of rotatable bonds is 6. The third kappa shape index (κ3) is 4.91. The molecule has 0 radical (unpaired) electrons. The average molecular weight is 216 g/mol. The summed E-state index contributed by atoms with van der Waals surface area (Å²) in [6.07, 6.45) is 2.09. The molecule has 1 atom stereocenters. The van der Waals surface area contributed by atoms with Crippen molar-refractivity contribution in [2.75, 3.05) is 6.16 Å². The number of hydrogen-bond donors (Lipinski definition) is 1. The van der Waals surface area contributed by atoms with Gasteiger partial charge in [-0.25, -0.2) is 0 Å². The van der Waals surface area contributed by atoms with E-state index in [1.165, 1.54) is 0 Å². The van der Waals surface area contributed by atoms with Crippen molar-refractivity contribution in [3.63, 3.8) is 0 Å². The van der Waals surface area contributed by atoms with E-state index >= 15 is 0 Å². The molecule has 0 rings (SSSR count). The average Bonchev–Trinajstić information content (AvgIpc) is 2.03. The van der Waals surface area contributed by atoms with Crippen LogP contribution in [0.4, 0.5) is 0 Å². The van der Waals surface area contributed by atoms with Crippen molar-refractivity contribution < 1.29 is 4.89 Å². The van der Waals surface area contributed by atoms with Gasteiger partial charge in [-0.2, -0.15) is 5.26 Å². The highest BCUT2D eigenvalue weighted by molar-refractivity contribution is 7.48. The molecule has 0 aromatic carbocycles. The van der Waals surface area contributed by atoms with Gasteiger partial charge in [-0.1, -0.05) is 0 Å². The normalized spacial score (nSPS) is 13.6. The van der Waals surface area contributed by atoms with E-state index in [1.54, 1.807) is 0 Å². The van der Waals surface area contributed by atoms with Crippen LogP contribution in [0.25, 0.3) is 0 Å². The van der Waals surface area contributed by atoms with Crippen LogP contribution in [-0.4, -0.2) is 27.8 Å². The minimum atomic E-state index is -1.05. The Morgan fingerprint density at radius 2 is 1.79 bits per heavy atom. The third-order valence-corrected chi connectivity index (χ3v) is 4.14. The fourth-order valence-corrected chi connectivity index (χ4v) is 3.28. The molecule has 0 aliphatic rings. The van der Waals surface area contributed by atoms with E-state index in [-0.39, 0.29) is 0 Å². The van der Waals surface area contributed by atoms with Gasteiger partial charge in [0.05, 0.1) is 6.07 Å². The fourth-order valence-electron chi connectivity index (χ4n) is 1.54. The smallest absolute Gasteiger partial charge is 0.101 e. The Kier molecular flexibility index (Phi) is 7.09. The van der Waals surface area contributed by atoms with Crippen molar-refractivity contribution in [3.8, 4) is 6.07 Å². The Labute approximate surface area is 88.6 Å². The first kappa shape index (κ1) is 13.8. The molecule has 0 saturated heterocycles. The number of hydrogen-bond acceptors (Lipinski definition) is 3. The van der Waals surface area contributed by atoms with Crippen LogP contribution in [0.5, 0.6) is 0 Å². The topological polar surface area (TPSA) is 47.3 Å². The molecule has 0 heterocycles. The van der Waals surface area contributed by atoms with E-state index in [9.17, 15) is 4.89 Å². The van der Waals surface area contributed by atoms with Crippen LogP contribution in [0.2, 0.25) is 0 Å². The zero-order chi connectivity index (χ0) is 11.1. The summed E-state index contributed by atoms with van der Waals surface area (Å²) in [5.74, 6) is 0. The Balaban J connectivity index is 4.03. The highest BCUT2D eigenvalue weighted by Gasteiger charge is 2.21. The summed E-state index contributed by atoms with van der Waals surface area (Å²) in [6.45, 7) is 8.37. The van der Waals surface area contributed by atoms with Gasteiger partial charge < -0.3 is 4.89 Å². The van der Waals surface area contributed by atoms with Gasteiger partial charge >= 0.3 is 0 Å². The second-order valence-electron chi connectivity index (χ2n) is 3.93. The van der Waals surface area contributed by atoms with Crippen LogP contribution >= 0.6 is 8.30 Å². The van der Waals surface area contributed by atoms with Crippen LogP contribution in [0.3, 0.4) is 0 Å². The van der Waals surface area contributed by atoms with E-state index in [4.69, 9.17) is 5.26 Å². The molecule has 0 aliphatic carbocycles. The van der Waals surface area contributed by atoms with Crippen molar-refractivity contribution >= 4 is 8.30 Å². The Morgan fingerprint density at radius 1 is 1.29 bits per heavy atom. The van der Waals surface area contributed by atoms with Gasteiger partial charge in [0.2, 0.25) is 0 Å². The van der Waals surface area contributed by atoms with Gasteiger partial charge in [-0.15, -0.1) is 0 Å². The first-order valence-corrected chi connectivity index (χ1v) is 6.55. The molecule has 0 fully saturated rings. The van der Waals surface area contributed by atoms with Gasteiger partial charge in [0, 0.05) is 24.7 Å². The Hall–Kier alpha value is -0.160. The van der Waals surface area contributed by atoms with Crippen molar-refractivity contribution in [1.82, 2.24) is 4.67 Å². The lowest BCUT2D eigenvalue weighted by Gasteiger charge is -2.34. The quantitative estimate of drug-likeness (QED) is 0.548. The monoisotopic (exact) mass is 216 g/mol. The summed E-state index contributed by atoms with van der Waals surface area (Å²) in [6, 6.07) is 2.84. The summed E-state index contributed by atoms with van der Waals surface area (Å²) in [7, 11) is -1.05. The maximum Gasteiger partial charge on any atom is 0.101 e. The van der Waals surface area contributed by atoms with Gasteiger partial charge in [-0.3, -0.25) is 4.67 Å². The molecule has 0 aliphatic heterocycles. The molecule has 0 aromatic heterocycles. The highest BCUT2D eigenvalue weighted by Crippen LogP contribution is 2.39. The van der Waals surface area contributed by atoms with Crippen LogP contribution in [-0.2, 0) is 0 Å². The van der Waals surface area contributed by atoms with Crippen LogP contribution in [0.15, 0.2) is 0 Å². The van der Waals surface area contributed by atoms with E-state index < -0.39 is 8.30 Å². The fraction of sp³-hybridized carbons (Fsp3) is 0.900. The third-order valence-electron chi connectivity index (χ3n) is 1.97. The maximum absolute atomic E-state index is 9.96. The molecule has 0 spiro atoms. The Bertz CT molecular complexity index is 181. The number of nitrogens with zero attached hydrogens (tertiary/aromatic N) is 2. The molecular formula is C10H21N2OP. The minimum Gasteiger partial charge on any atom is -0.359 e. The predicted octanol–water partition coefficient (Wildman–Crippen LogP) is 2.71. The summed E-state index contributed by atoms with van der Waals surface area (Å²) < 4.78 is 2.13. The molecule has 0 saturated carbocycles. The van der Waals surface area contributed by atoms with E-state index in [0.717, 1.165) is 12.6 Å². The van der Waals surface area contributed by atoms with Crippen molar-refractivity contribution in [3.05, 3.63) is 0 Å². The second-order valence-corrected chi connectivity index (χ2v) is 5.58. The van der Waals surface area contributed by atoms with Gasteiger partial charge in [0.1, 0.15) is 8.30 Å². The molecule has 1 N–H and O–H groups in total. The Morgan fingerprint density at radius 3 is 2.14 bits per heavy atom. The zero-order valence-corrected chi connectivity index (χ0v) is 10.5. The molecule has 4 heteroatoms. The van der Waals surface area contributed by atoms with E-state index in [0.29, 0.717) is 18.5 Å². The van der Waals surface area contributed by atoms with Crippen LogP contribution in [0.1, 0.15) is 40.5 Å². The molecule has 0 amide bonds. The van der Waals surface area contributed by atoms with Gasteiger partial charge in [0.15, 0.2) is 0 Å². The molecule has 1 unspecified atom stereocenters. The maximum atomic E-state index is 9.96. The minimum absolute atomic E-state index is 0.369. The molecular weight excluding hydrogens is 195 g/mol. The second kappa shape index (κ2) is 7.17. The molecule has 3 nitrogen and oxygen atoms in total. The first-order valence-electron chi connectivity index (χ1n) is 5.12. The van der Waals surface area contributed by atoms with Crippen molar-refractivity contribution in [2.24, 2.45) is 0 Å². The van der Waals surface area contributed by atoms with Crippen molar-refractivity contribution in [2.45, 2.75) is 52.6 Å². The first-order chi connectivity index (χ1) is 6.50. The SMILES string of the molecule is CC(C)N(C(C)C)P(O)CCCC#N. The number of unbranched alkanes of at least 4 members (excludes halogenated alkanes) is 1. The van der Waals surface area contributed by atoms with Crippen LogP contribution < -0.4 is 0 Å². The lowest BCUT2D eigenvalue weighted by atomic mass is 10.3. The lowest BCUT2D eigenvalue weighted by Crippen LogP contribution is -2.32. The molecule has 0 bridgehead atoms. The summed E-state index contributed by atoms with van der Waals surface area (Å²) in [5, 5.41) is 8.40. The highest BCUT2D eigenvalue weighted by atomic mass is 31.2. The summed E-state index contributed by atoms with van der Waals surface area (Å²) in [4.78, 5) is 9.96. The molecule has 14 heavy (non-hydrogen) atoms. The number of nitriles is 1. The van der Waals surface area contributed by atoms with E-state index in [2.05, 4.69) is 38.4 Å². The standard InChI is InChI=1S/C10H21N2OP/c1-9(2)12(10(3)4)14(13)8-6-5-7-11/h9-10,13H,5-6,8H2,1-4H3. The van der Waals surface area contributed by atoms with Gasteiger partial charge in [-0.05, 0) is 34.1 Å². The molecule has 0 aromatic rings. The lowest BCUT2D eigenvalue weighted by molar-refractivity contribution is 0.296. The zero-order valence-electron chi connectivity index (χ0n) is 9.56. The molecule has 82 valence electrons. The van der Waals surface area contributed by atoms with Gasteiger partial charge in [0.25, 0.3) is 0 Å².